The van der Waals surface area contributed by atoms with E-state index in [1.165, 1.54) is 7.11 Å². The van der Waals surface area contributed by atoms with Crippen LogP contribution < -0.4 is 0 Å². The Kier molecular flexibility index (Phi) is 3.20. The van der Waals surface area contributed by atoms with Gasteiger partial charge in [-0.1, -0.05) is 18.2 Å². The van der Waals surface area contributed by atoms with Gasteiger partial charge in [0.2, 0.25) is 6.29 Å². The predicted octanol–water partition coefficient (Wildman–Crippen LogP) is 2.10. The molecule has 13 heavy (non-hydrogen) atoms. The third kappa shape index (κ3) is 1.95. The van der Waals surface area contributed by atoms with Crippen LogP contribution in [0.15, 0.2) is 18.2 Å². The fourth-order valence-electron chi connectivity index (χ4n) is 1.30. The predicted molar refractivity (Wildman–Crippen MR) is 51.4 cm³/mol. The molecule has 1 aromatic rings. The fraction of sp³-hybridized carbons (Fsp3) is 0.364. The summed E-state index contributed by atoms with van der Waals surface area (Å²) in [4.78, 5) is 10.6. The topological polar surface area (TPSA) is 26.3 Å². The lowest BCUT2D eigenvalue weighted by atomic mass is 10.00. The average Bonchev–Trinajstić information content (AvgIpc) is 2.14. The smallest absolute Gasteiger partial charge is 0.234 e. The molecule has 0 heterocycles. The van der Waals surface area contributed by atoms with Crippen LogP contribution in [0, 0.1) is 13.8 Å². The molecule has 2 nitrogen and oxygen atoms in total. The molecule has 0 spiro atoms. The van der Waals surface area contributed by atoms with Crippen LogP contribution in [0.3, 0.4) is 0 Å². The standard InChI is InChI=1S/C11H13O2/c1-8-5-4-6-10(9(8)2)11(7-12)13-3/h4-6,11H,1-3H3. The summed E-state index contributed by atoms with van der Waals surface area (Å²) in [5, 5.41) is 0. The lowest BCUT2D eigenvalue weighted by molar-refractivity contribution is 0.153. The molecule has 1 aromatic carbocycles. The number of methoxy groups -OCH3 is 1. The van der Waals surface area contributed by atoms with Gasteiger partial charge in [-0.15, -0.1) is 0 Å². The minimum absolute atomic E-state index is 0.556. The fourth-order valence-corrected chi connectivity index (χ4v) is 1.30. The molecule has 0 saturated heterocycles. The summed E-state index contributed by atoms with van der Waals surface area (Å²) in [6.07, 6.45) is 1.31. The average molecular weight is 177 g/mol. The molecule has 0 saturated carbocycles. The second kappa shape index (κ2) is 4.19. The first-order chi connectivity index (χ1) is 6.20. The Morgan fingerprint density at radius 2 is 2.08 bits per heavy atom. The van der Waals surface area contributed by atoms with Crippen molar-refractivity contribution in [1.29, 1.82) is 0 Å². The number of hydrogen-bond donors (Lipinski definition) is 0. The van der Waals surface area contributed by atoms with Crippen molar-refractivity contribution in [2.45, 2.75) is 20.0 Å². The van der Waals surface area contributed by atoms with Crippen LogP contribution in [0.25, 0.3) is 0 Å². The molecule has 0 aliphatic carbocycles. The van der Waals surface area contributed by atoms with Crippen LogP contribution >= 0.6 is 0 Å². The van der Waals surface area contributed by atoms with Crippen LogP contribution in [0.2, 0.25) is 0 Å². The zero-order valence-corrected chi connectivity index (χ0v) is 8.13. The second-order valence-electron chi connectivity index (χ2n) is 3.02. The third-order valence-corrected chi connectivity index (χ3v) is 2.27. The van der Waals surface area contributed by atoms with Crippen molar-refractivity contribution in [3.05, 3.63) is 34.9 Å². The van der Waals surface area contributed by atoms with Crippen LogP contribution in [0.1, 0.15) is 22.8 Å². The molecule has 1 atom stereocenters. The summed E-state index contributed by atoms with van der Waals surface area (Å²) < 4.78 is 5.00. The minimum Gasteiger partial charge on any atom is -0.368 e. The van der Waals surface area contributed by atoms with Crippen molar-refractivity contribution in [2.75, 3.05) is 7.11 Å². The van der Waals surface area contributed by atoms with Gasteiger partial charge in [-0.25, -0.2) is 0 Å². The number of aryl methyl sites for hydroxylation is 1. The van der Waals surface area contributed by atoms with Gasteiger partial charge >= 0.3 is 0 Å². The summed E-state index contributed by atoms with van der Waals surface area (Å²) in [6.45, 7) is 3.99. The molecule has 0 aliphatic heterocycles. The van der Waals surface area contributed by atoms with E-state index < -0.39 is 6.10 Å². The monoisotopic (exact) mass is 177 g/mol. The first-order valence-corrected chi connectivity index (χ1v) is 4.17. The van der Waals surface area contributed by atoms with Crippen molar-refractivity contribution in [2.24, 2.45) is 0 Å². The molecular weight excluding hydrogens is 164 g/mol. The summed E-state index contributed by atoms with van der Waals surface area (Å²) in [5.74, 6) is 0. The molecule has 0 fully saturated rings. The Hall–Kier alpha value is -1.15. The molecule has 0 aromatic heterocycles. The van der Waals surface area contributed by atoms with Crippen LogP contribution in [-0.2, 0) is 9.53 Å². The van der Waals surface area contributed by atoms with E-state index in [1.807, 2.05) is 38.3 Å². The van der Waals surface area contributed by atoms with E-state index in [0.717, 1.165) is 16.7 Å². The molecule has 1 radical (unpaired) electrons. The van der Waals surface area contributed by atoms with E-state index in [2.05, 4.69) is 0 Å². The number of hydrogen-bond acceptors (Lipinski definition) is 2. The largest absolute Gasteiger partial charge is 0.368 e. The summed E-state index contributed by atoms with van der Waals surface area (Å²) >= 11 is 0. The zero-order chi connectivity index (χ0) is 9.84. The van der Waals surface area contributed by atoms with Crippen LogP contribution in [0.5, 0.6) is 0 Å². The van der Waals surface area contributed by atoms with Crippen LogP contribution in [-0.4, -0.2) is 13.4 Å². The lowest BCUT2D eigenvalue weighted by Crippen LogP contribution is -2.05. The second-order valence-corrected chi connectivity index (χ2v) is 3.02. The Morgan fingerprint density at radius 3 is 2.62 bits per heavy atom. The highest BCUT2D eigenvalue weighted by Gasteiger charge is 2.12. The quantitative estimate of drug-likeness (QED) is 0.706. The first kappa shape index (κ1) is 9.93. The Bertz CT molecular complexity index is 305. The van der Waals surface area contributed by atoms with Gasteiger partial charge in [0.1, 0.15) is 6.10 Å². The zero-order valence-electron chi connectivity index (χ0n) is 8.13. The third-order valence-electron chi connectivity index (χ3n) is 2.27. The Labute approximate surface area is 78.5 Å². The number of carbonyl (C=O) groups excluding carboxylic acids is 1. The van der Waals surface area contributed by atoms with Gasteiger partial charge in [-0.05, 0) is 30.5 Å². The van der Waals surface area contributed by atoms with Gasteiger partial charge in [0.15, 0.2) is 0 Å². The molecule has 0 amide bonds. The van der Waals surface area contributed by atoms with Gasteiger partial charge in [0.05, 0.1) is 0 Å². The lowest BCUT2D eigenvalue weighted by Gasteiger charge is -2.12. The molecule has 0 aliphatic rings. The van der Waals surface area contributed by atoms with Gasteiger partial charge in [-0.3, -0.25) is 4.79 Å². The molecule has 0 bridgehead atoms. The highest BCUT2D eigenvalue weighted by Crippen LogP contribution is 2.20. The van der Waals surface area contributed by atoms with E-state index in [9.17, 15) is 4.79 Å². The Morgan fingerprint density at radius 1 is 1.38 bits per heavy atom. The van der Waals surface area contributed by atoms with Crippen molar-refractivity contribution in [3.8, 4) is 0 Å². The molecule has 2 heteroatoms. The maximum absolute atomic E-state index is 10.6. The highest BCUT2D eigenvalue weighted by atomic mass is 16.5. The minimum atomic E-state index is -0.556. The van der Waals surface area contributed by atoms with Crippen molar-refractivity contribution < 1.29 is 9.53 Å². The molecule has 1 unspecified atom stereocenters. The molecule has 69 valence electrons. The van der Waals surface area contributed by atoms with Crippen molar-refractivity contribution in [1.82, 2.24) is 0 Å². The van der Waals surface area contributed by atoms with E-state index in [0.29, 0.717) is 0 Å². The van der Waals surface area contributed by atoms with Crippen molar-refractivity contribution in [3.63, 3.8) is 0 Å². The van der Waals surface area contributed by atoms with Crippen molar-refractivity contribution >= 4 is 6.29 Å². The summed E-state index contributed by atoms with van der Waals surface area (Å²) in [7, 11) is 1.51. The normalized spacial score (nSPS) is 12.5. The summed E-state index contributed by atoms with van der Waals surface area (Å²) in [5.41, 5.74) is 3.16. The Balaban J connectivity index is 3.13. The van der Waals surface area contributed by atoms with Gasteiger partial charge in [-0.2, -0.15) is 0 Å². The number of ether oxygens (including phenoxy) is 1. The highest BCUT2D eigenvalue weighted by molar-refractivity contribution is 5.62. The van der Waals surface area contributed by atoms with Gasteiger partial charge < -0.3 is 4.74 Å². The van der Waals surface area contributed by atoms with Gasteiger partial charge in [0.25, 0.3) is 0 Å². The summed E-state index contributed by atoms with van der Waals surface area (Å²) in [6, 6.07) is 5.82. The SMILES string of the molecule is COC([C]=O)c1cccc(C)c1C. The van der Waals surface area contributed by atoms with E-state index >= 15 is 0 Å². The molecule has 0 N–H and O–H groups in total. The maximum atomic E-state index is 10.6. The van der Waals surface area contributed by atoms with Gasteiger partial charge in [0, 0.05) is 7.11 Å². The molecule has 1 rings (SSSR count). The molecular formula is C11H13O2. The van der Waals surface area contributed by atoms with Crippen LogP contribution in [0.4, 0.5) is 0 Å². The van der Waals surface area contributed by atoms with E-state index in [-0.39, 0.29) is 0 Å². The first-order valence-electron chi connectivity index (χ1n) is 4.17. The number of benzene rings is 1. The van der Waals surface area contributed by atoms with E-state index in [4.69, 9.17) is 4.74 Å². The van der Waals surface area contributed by atoms with E-state index in [1.54, 1.807) is 0 Å². The number of rotatable bonds is 3. The maximum Gasteiger partial charge on any atom is 0.234 e.